The van der Waals surface area contributed by atoms with E-state index in [1.807, 2.05) is 14.1 Å². The summed E-state index contributed by atoms with van der Waals surface area (Å²) >= 11 is 0. The van der Waals surface area contributed by atoms with Gasteiger partial charge >= 0.3 is 0 Å². The van der Waals surface area contributed by atoms with Crippen molar-refractivity contribution in [2.24, 2.45) is 0 Å². The average molecular weight is 191 g/mol. The Kier molecular flexibility index (Phi) is 20.5. The molecule has 0 saturated carbocycles. The van der Waals surface area contributed by atoms with Crippen LogP contribution in [0.15, 0.2) is 0 Å². The van der Waals surface area contributed by atoms with Gasteiger partial charge in [-0.3, -0.25) is 4.84 Å². The Labute approximate surface area is 74.9 Å². The fraction of sp³-hybridized carbons (Fsp3) is 1.00. The molecular weight excluding hydrogens is 175 g/mol. The lowest BCUT2D eigenvalue weighted by Gasteiger charge is -2.09. The van der Waals surface area contributed by atoms with Crippen LogP contribution in [0.25, 0.3) is 0 Å². The predicted octanol–water partition coefficient (Wildman–Crippen LogP) is 1.24. The predicted molar refractivity (Wildman–Crippen MR) is 47.6 cm³/mol. The topological polar surface area (TPSA) is 24.5 Å². The van der Waals surface area contributed by atoms with Crippen molar-refractivity contribution in [3.05, 3.63) is 0 Å². The quantitative estimate of drug-likeness (QED) is 0.534. The molecule has 0 atom stereocenters. The number of hydrazine groups is 1. The summed E-state index contributed by atoms with van der Waals surface area (Å²) in [7, 11) is 3.77. The van der Waals surface area contributed by atoms with E-state index in [0.717, 1.165) is 13.0 Å². The summed E-state index contributed by atoms with van der Waals surface area (Å²) in [5, 5.41) is 1.76. The number of hydrogen-bond acceptors (Lipinski definition) is 3. The summed E-state index contributed by atoms with van der Waals surface area (Å²) < 4.78 is 0. The first-order valence-electron chi connectivity index (χ1n) is 2.82. The van der Waals surface area contributed by atoms with Crippen LogP contribution in [0.2, 0.25) is 0 Å². The van der Waals surface area contributed by atoms with Crippen LogP contribution >= 0.6 is 24.8 Å². The molecule has 5 heteroatoms. The number of rotatable bonds is 4. The van der Waals surface area contributed by atoms with Crippen molar-refractivity contribution in [1.82, 2.24) is 10.6 Å². The van der Waals surface area contributed by atoms with Gasteiger partial charge in [0.2, 0.25) is 0 Å². The van der Waals surface area contributed by atoms with Crippen molar-refractivity contribution in [2.75, 3.05) is 20.7 Å². The van der Waals surface area contributed by atoms with Crippen molar-refractivity contribution in [3.8, 4) is 0 Å². The number of hydrogen-bond donors (Lipinski definition) is 1. The number of nitrogens with one attached hydrogen (secondary N) is 1. The van der Waals surface area contributed by atoms with Crippen molar-refractivity contribution in [3.63, 3.8) is 0 Å². The first-order valence-corrected chi connectivity index (χ1v) is 2.82. The lowest BCUT2D eigenvalue weighted by Crippen LogP contribution is -2.30. The average Bonchev–Trinajstić information content (AvgIpc) is 1.66. The maximum Gasteiger partial charge on any atom is 0.0696 e. The van der Waals surface area contributed by atoms with Gasteiger partial charge in [-0.25, -0.2) is 5.01 Å². The molecule has 0 unspecified atom stereocenters. The van der Waals surface area contributed by atoms with Crippen molar-refractivity contribution in [1.29, 1.82) is 0 Å². The van der Waals surface area contributed by atoms with Gasteiger partial charge in [-0.05, 0) is 6.42 Å². The van der Waals surface area contributed by atoms with Gasteiger partial charge in [0.25, 0.3) is 0 Å². The Morgan fingerprint density at radius 2 is 1.80 bits per heavy atom. The molecular formula is C5H16Cl2N2O. The number of nitrogens with zero attached hydrogens (tertiary/aromatic N) is 1. The molecule has 0 heterocycles. The van der Waals surface area contributed by atoms with E-state index in [4.69, 9.17) is 4.84 Å². The summed E-state index contributed by atoms with van der Waals surface area (Å²) in [5.74, 6) is 0. The Bertz CT molecular complexity index is 54.9. The molecule has 0 amide bonds. The molecule has 66 valence electrons. The van der Waals surface area contributed by atoms with E-state index < -0.39 is 0 Å². The summed E-state index contributed by atoms with van der Waals surface area (Å²) in [6.07, 6.45) is 1.04. The van der Waals surface area contributed by atoms with Crippen LogP contribution < -0.4 is 5.59 Å². The lowest BCUT2D eigenvalue weighted by molar-refractivity contribution is -0.0587. The summed E-state index contributed by atoms with van der Waals surface area (Å²) in [6, 6.07) is 0. The van der Waals surface area contributed by atoms with Gasteiger partial charge in [0.15, 0.2) is 0 Å². The lowest BCUT2D eigenvalue weighted by atomic mass is 10.5. The maximum atomic E-state index is 4.92. The van der Waals surface area contributed by atoms with Crippen LogP contribution in [0.3, 0.4) is 0 Å². The molecule has 0 spiro atoms. The van der Waals surface area contributed by atoms with E-state index in [2.05, 4.69) is 12.5 Å². The largest absolute Gasteiger partial charge is 0.287 e. The monoisotopic (exact) mass is 190 g/mol. The fourth-order valence-corrected chi connectivity index (χ4v) is 0.277. The minimum absolute atomic E-state index is 0. The second kappa shape index (κ2) is 12.2. The van der Waals surface area contributed by atoms with E-state index in [9.17, 15) is 0 Å². The third-order valence-corrected chi connectivity index (χ3v) is 0.553. The first kappa shape index (κ1) is 16.8. The Hall–Kier alpha value is 0.460. The van der Waals surface area contributed by atoms with Gasteiger partial charge in [0.1, 0.15) is 0 Å². The highest BCUT2D eigenvalue weighted by atomic mass is 35.5. The van der Waals surface area contributed by atoms with E-state index in [1.165, 1.54) is 0 Å². The number of halogens is 2. The second-order valence-electron chi connectivity index (χ2n) is 1.83. The molecule has 0 aromatic rings. The highest BCUT2D eigenvalue weighted by Gasteiger charge is 1.83. The zero-order chi connectivity index (χ0) is 6.41. The molecule has 10 heavy (non-hydrogen) atoms. The summed E-state index contributed by atoms with van der Waals surface area (Å²) in [5.41, 5.74) is 2.68. The van der Waals surface area contributed by atoms with Gasteiger partial charge in [0, 0.05) is 14.1 Å². The van der Waals surface area contributed by atoms with Crippen LogP contribution in [0.4, 0.5) is 0 Å². The third kappa shape index (κ3) is 15.8. The first-order chi connectivity index (χ1) is 3.77. The van der Waals surface area contributed by atoms with Crippen LogP contribution in [-0.2, 0) is 4.84 Å². The van der Waals surface area contributed by atoms with Gasteiger partial charge in [0.05, 0.1) is 6.61 Å². The molecule has 0 radical (unpaired) electrons. The molecule has 0 aliphatic rings. The standard InChI is InChI=1S/C5H14N2O.2ClH/c1-4-5-8-6-7(2)3;;/h6H,4-5H2,1-3H3;2*1H. The van der Waals surface area contributed by atoms with Crippen molar-refractivity contribution >= 4 is 24.8 Å². The normalized spacial score (nSPS) is 8.40. The van der Waals surface area contributed by atoms with Crippen molar-refractivity contribution in [2.45, 2.75) is 13.3 Å². The molecule has 0 saturated heterocycles. The van der Waals surface area contributed by atoms with E-state index in [0.29, 0.717) is 0 Å². The van der Waals surface area contributed by atoms with Crippen LogP contribution in [-0.4, -0.2) is 25.7 Å². The van der Waals surface area contributed by atoms with Gasteiger partial charge in [-0.15, -0.1) is 30.4 Å². The zero-order valence-corrected chi connectivity index (χ0v) is 8.22. The zero-order valence-electron chi connectivity index (χ0n) is 6.59. The van der Waals surface area contributed by atoms with Gasteiger partial charge in [-0.2, -0.15) is 0 Å². The van der Waals surface area contributed by atoms with Crippen LogP contribution in [0.1, 0.15) is 13.3 Å². The Morgan fingerprint density at radius 1 is 1.30 bits per heavy atom. The van der Waals surface area contributed by atoms with Gasteiger partial charge < -0.3 is 0 Å². The molecule has 0 aromatic heterocycles. The van der Waals surface area contributed by atoms with Crippen LogP contribution in [0, 0.1) is 0 Å². The van der Waals surface area contributed by atoms with Crippen molar-refractivity contribution < 1.29 is 4.84 Å². The van der Waals surface area contributed by atoms with E-state index in [-0.39, 0.29) is 24.8 Å². The summed E-state index contributed by atoms with van der Waals surface area (Å²) in [6.45, 7) is 2.83. The molecule has 3 nitrogen and oxygen atoms in total. The highest BCUT2D eigenvalue weighted by Crippen LogP contribution is 1.74. The smallest absolute Gasteiger partial charge is 0.0696 e. The second-order valence-corrected chi connectivity index (χ2v) is 1.83. The van der Waals surface area contributed by atoms with E-state index >= 15 is 0 Å². The Balaban J connectivity index is -0.000000245. The maximum absolute atomic E-state index is 4.92. The van der Waals surface area contributed by atoms with E-state index in [1.54, 1.807) is 5.01 Å². The highest BCUT2D eigenvalue weighted by molar-refractivity contribution is 5.85. The SMILES string of the molecule is CCCONN(C)C.Cl.Cl. The molecule has 0 rings (SSSR count). The molecule has 1 N–H and O–H groups in total. The molecule has 0 bridgehead atoms. The minimum atomic E-state index is 0. The van der Waals surface area contributed by atoms with Gasteiger partial charge in [-0.1, -0.05) is 6.92 Å². The molecule has 0 aromatic carbocycles. The Morgan fingerprint density at radius 3 is 2.10 bits per heavy atom. The molecule has 0 aliphatic heterocycles. The molecule has 0 fully saturated rings. The minimum Gasteiger partial charge on any atom is -0.287 e. The van der Waals surface area contributed by atoms with Crippen LogP contribution in [0.5, 0.6) is 0 Å². The third-order valence-electron chi connectivity index (χ3n) is 0.553. The summed E-state index contributed by atoms with van der Waals surface area (Å²) in [4.78, 5) is 4.92. The fourth-order valence-electron chi connectivity index (χ4n) is 0.277. The molecule has 0 aliphatic carbocycles.